The lowest BCUT2D eigenvalue weighted by molar-refractivity contribution is 0.0645. The Morgan fingerprint density at radius 3 is 2.34 bits per heavy atom. The second-order valence-corrected chi connectivity index (χ2v) is 8.69. The van der Waals surface area contributed by atoms with E-state index in [9.17, 15) is 5.11 Å². The van der Waals surface area contributed by atoms with Crippen LogP contribution in [0.25, 0.3) is 0 Å². The van der Waals surface area contributed by atoms with E-state index in [1.165, 1.54) is 32.1 Å². The number of methoxy groups -OCH3 is 1. The van der Waals surface area contributed by atoms with Crippen molar-refractivity contribution in [3.63, 3.8) is 0 Å². The average Bonchev–Trinajstić information content (AvgIpc) is 2.74. The Morgan fingerprint density at radius 2 is 1.66 bits per heavy atom. The van der Waals surface area contributed by atoms with E-state index in [0.717, 1.165) is 35.9 Å². The molecule has 0 bridgehead atoms. The van der Waals surface area contributed by atoms with E-state index in [1.807, 2.05) is 38.1 Å². The van der Waals surface area contributed by atoms with Crippen LogP contribution >= 0.6 is 0 Å². The van der Waals surface area contributed by atoms with Gasteiger partial charge in [-0.2, -0.15) is 0 Å². The molecule has 1 saturated heterocycles. The SMILES string of the molecule is COc1cc(CNCc2nc(C)cc(C)n2)ccc1OCC(O)CN1CCCCCCC1. The summed E-state index contributed by atoms with van der Waals surface area (Å²) in [6.07, 6.45) is 5.83. The molecule has 7 nitrogen and oxygen atoms in total. The summed E-state index contributed by atoms with van der Waals surface area (Å²) in [6.45, 7) is 8.28. The molecule has 2 aromatic rings. The number of benzene rings is 1. The van der Waals surface area contributed by atoms with Gasteiger partial charge >= 0.3 is 0 Å². The molecule has 1 unspecified atom stereocenters. The number of aromatic nitrogens is 2. The molecule has 1 aliphatic heterocycles. The van der Waals surface area contributed by atoms with Crippen molar-refractivity contribution in [2.24, 2.45) is 0 Å². The summed E-state index contributed by atoms with van der Waals surface area (Å²) >= 11 is 0. The van der Waals surface area contributed by atoms with E-state index >= 15 is 0 Å². The maximum Gasteiger partial charge on any atom is 0.161 e. The highest BCUT2D eigenvalue weighted by Gasteiger charge is 2.15. The first kappa shape index (κ1) is 24.4. The Hall–Kier alpha value is -2.22. The van der Waals surface area contributed by atoms with Crippen LogP contribution in [0, 0.1) is 13.8 Å². The number of aliphatic hydroxyl groups is 1. The van der Waals surface area contributed by atoms with E-state index in [4.69, 9.17) is 9.47 Å². The third-order valence-corrected chi connectivity index (χ3v) is 5.72. The maximum absolute atomic E-state index is 10.5. The van der Waals surface area contributed by atoms with Crippen molar-refractivity contribution in [1.29, 1.82) is 0 Å². The zero-order chi connectivity index (χ0) is 22.8. The van der Waals surface area contributed by atoms with Crippen LogP contribution in [0.4, 0.5) is 0 Å². The summed E-state index contributed by atoms with van der Waals surface area (Å²) in [4.78, 5) is 11.3. The molecule has 1 aliphatic rings. The fraction of sp³-hybridized carbons (Fsp3) is 0.600. The van der Waals surface area contributed by atoms with Crippen LogP contribution in [0.3, 0.4) is 0 Å². The van der Waals surface area contributed by atoms with Gasteiger partial charge in [-0.3, -0.25) is 0 Å². The van der Waals surface area contributed by atoms with Crippen molar-refractivity contribution in [2.75, 3.05) is 33.4 Å². The minimum Gasteiger partial charge on any atom is -0.493 e. The molecule has 32 heavy (non-hydrogen) atoms. The molecule has 7 heteroatoms. The number of likely N-dealkylation sites (tertiary alicyclic amines) is 1. The Balaban J connectivity index is 1.47. The van der Waals surface area contributed by atoms with Crippen LogP contribution in [0.2, 0.25) is 0 Å². The number of ether oxygens (including phenoxy) is 2. The minimum absolute atomic E-state index is 0.258. The lowest BCUT2D eigenvalue weighted by atomic mass is 10.1. The predicted molar refractivity (Wildman–Crippen MR) is 126 cm³/mol. The van der Waals surface area contributed by atoms with Gasteiger partial charge in [0.25, 0.3) is 0 Å². The largest absolute Gasteiger partial charge is 0.493 e. The van der Waals surface area contributed by atoms with Crippen molar-refractivity contribution in [2.45, 2.75) is 65.1 Å². The summed E-state index contributed by atoms with van der Waals surface area (Å²) < 4.78 is 11.4. The fourth-order valence-corrected chi connectivity index (χ4v) is 4.17. The standard InChI is InChI=1S/C25H38N4O3/c1-19-13-20(2)28-25(27-19)16-26-15-21-9-10-23(24(14-21)31-3)32-18-22(30)17-29-11-7-5-4-6-8-12-29/h9-10,13-14,22,26,30H,4-8,11-12,15-18H2,1-3H3. The summed E-state index contributed by atoms with van der Waals surface area (Å²) in [7, 11) is 1.64. The zero-order valence-electron chi connectivity index (χ0n) is 19.8. The van der Waals surface area contributed by atoms with Crippen LogP contribution in [-0.4, -0.2) is 59.4 Å². The highest BCUT2D eigenvalue weighted by Crippen LogP contribution is 2.28. The summed E-state index contributed by atoms with van der Waals surface area (Å²) in [6, 6.07) is 7.86. The van der Waals surface area contributed by atoms with Gasteiger partial charge in [0.15, 0.2) is 11.5 Å². The summed E-state index contributed by atoms with van der Waals surface area (Å²) in [5, 5.41) is 13.9. The highest BCUT2D eigenvalue weighted by atomic mass is 16.5. The number of aliphatic hydroxyl groups excluding tert-OH is 1. The van der Waals surface area contributed by atoms with Crippen molar-refractivity contribution in [3.05, 3.63) is 47.0 Å². The number of nitrogens with zero attached hydrogens (tertiary/aromatic N) is 3. The Labute approximate surface area is 192 Å². The van der Waals surface area contributed by atoms with Gasteiger partial charge in [-0.25, -0.2) is 9.97 Å². The number of nitrogens with one attached hydrogen (secondary N) is 1. The predicted octanol–water partition coefficient (Wildman–Crippen LogP) is 3.40. The molecule has 176 valence electrons. The van der Waals surface area contributed by atoms with Gasteiger partial charge < -0.3 is 24.8 Å². The quantitative estimate of drug-likeness (QED) is 0.584. The average molecular weight is 443 g/mol. The van der Waals surface area contributed by atoms with Gasteiger partial charge in [-0.1, -0.05) is 25.3 Å². The van der Waals surface area contributed by atoms with E-state index in [0.29, 0.717) is 31.1 Å². The van der Waals surface area contributed by atoms with E-state index < -0.39 is 6.10 Å². The number of β-amino-alcohol motifs (C(OH)–C–C–N with tert-alkyl or cyclic N) is 1. The third-order valence-electron chi connectivity index (χ3n) is 5.72. The zero-order valence-corrected chi connectivity index (χ0v) is 19.8. The molecule has 0 radical (unpaired) electrons. The molecular weight excluding hydrogens is 404 g/mol. The normalized spacial score (nSPS) is 16.2. The molecule has 1 aromatic carbocycles. The molecule has 3 rings (SSSR count). The lowest BCUT2D eigenvalue weighted by Crippen LogP contribution is -2.37. The van der Waals surface area contributed by atoms with Crippen LogP contribution < -0.4 is 14.8 Å². The molecule has 0 spiro atoms. The van der Waals surface area contributed by atoms with Gasteiger partial charge in [0, 0.05) is 24.5 Å². The highest BCUT2D eigenvalue weighted by molar-refractivity contribution is 5.43. The molecule has 0 aliphatic carbocycles. The number of rotatable bonds is 10. The van der Waals surface area contributed by atoms with E-state index in [-0.39, 0.29) is 6.61 Å². The summed E-state index contributed by atoms with van der Waals surface area (Å²) in [5.74, 6) is 2.12. The molecule has 2 heterocycles. The Bertz CT molecular complexity index is 818. The first-order valence-electron chi connectivity index (χ1n) is 11.8. The number of hydrogen-bond acceptors (Lipinski definition) is 7. The summed E-state index contributed by atoms with van der Waals surface area (Å²) in [5.41, 5.74) is 3.04. The number of hydrogen-bond donors (Lipinski definition) is 2. The van der Waals surface area contributed by atoms with Gasteiger partial charge in [0.1, 0.15) is 18.5 Å². The molecule has 0 amide bonds. The molecule has 1 aromatic heterocycles. The molecule has 0 saturated carbocycles. The van der Waals surface area contributed by atoms with Gasteiger partial charge in [-0.05, 0) is 63.5 Å². The van der Waals surface area contributed by atoms with Crippen LogP contribution in [-0.2, 0) is 13.1 Å². The van der Waals surface area contributed by atoms with Gasteiger partial charge in [0.05, 0.1) is 13.7 Å². The van der Waals surface area contributed by atoms with Crippen molar-refractivity contribution in [3.8, 4) is 11.5 Å². The van der Waals surface area contributed by atoms with Gasteiger partial charge in [0.2, 0.25) is 0 Å². The number of aryl methyl sites for hydroxylation is 2. The Morgan fingerprint density at radius 1 is 0.969 bits per heavy atom. The first-order chi connectivity index (χ1) is 15.5. The lowest BCUT2D eigenvalue weighted by Gasteiger charge is -2.26. The Kier molecular flexibility index (Phi) is 9.71. The molecular formula is C25H38N4O3. The topological polar surface area (TPSA) is 79.7 Å². The molecule has 1 fully saturated rings. The van der Waals surface area contributed by atoms with Crippen LogP contribution in [0.1, 0.15) is 54.9 Å². The first-order valence-corrected chi connectivity index (χ1v) is 11.8. The molecule has 1 atom stereocenters. The minimum atomic E-state index is -0.515. The second kappa shape index (κ2) is 12.7. The van der Waals surface area contributed by atoms with E-state index in [2.05, 4.69) is 20.2 Å². The van der Waals surface area contributed by atoms with E-state index in [1.54, 1.807) is 7.11 Å². The monoisotopic (exact) mass is 442 g/mol. The van der Waals surface area contributed by atoms with Crippen LogP contribution in [0.15, 0.2) is 24.3 Å². The molecule has 2 N–H and O–H groups in total. The van der Waals surface area contributed by atoms with Gasteiger partial charge in [-0.15, -0.1) is 0 Å². The van der Waals surface area contributed by atoms with Crippen molar-refractivity contribution >= 4 is 0 Å². The fourth-order valence-electron chi connectivity index (χ4n) is 4.17. The smallest absolute Gasteiger partial charge is 0.161 e. The van der Waals surface area contributed by atoms with Crippen LogP contribution in [0.5, 0.6) is 11.5 Å². The van der Waals surface area contributed by atoms with Crippen molar-refractivity contribution in [1.82, 2.24) is 20.2 Å². The van der Waals surface area contributed by atoms with Crippen molar-refractivity contribution < 1.29 is 14.6 Å². The second-order valence-electron chi connectivity index (χ2n) is 8.69. The third kappa shape index (κ3) is 8.04. The maximum atomic E-state index is 10.5.